The van der Waals surface area contributed by atoms with E-state index in [0.717, 1.165) is 32.1 Å². The maximum atomic E-state index is 12.5. The second kappa shape index (κ2) is 4.39. The highest BCUT2D eigenvalue weighted by Gasteiger charge is 2.67. The number of fused-ring (bicyclic) bond motifs is 7. The van der Waals surface area contributed by atoms with Crippen LogP contribution >= 0.6 is 15.9 Å². The van der Waals surface area contributed by atoms with Gasteiger partial charge in [-0.25, -0.2) is 0 Å². The lowest BCUT2D eigenvalue weighted by Crippen LogP contribution is -2.54. The van der Waals surface area contributed by atoms with Gasteiger partial charge in [-0.2, -0.15) is 0 Å². The summed E-state index contributed by atoms with van der Waals surface area (Å²) < 4.78 is 0. The molecule has 5 aliphatic carbocycles. The van der Waals surface area contributed by atoms with E-state index in [-0.39, 0.29) is 10.8 Å². The molecule has 0 aliphatic heterocycles. The molecule has 0 radical (unpaired) electrons. The Hall–Kier alpha value is -0.440. The summed E-state index contributed by atoms with van der Waals surface area (Å²) in [6.07, 6.45) is 8.34. The third-order valence-electron chi connectivity index (χ3n) is 8.58. The molecule has 0 aromatic rings. The van der Waals surface area contributed by atoms with Gasteiger partial charge in [-0.3, -0.25) is 9.59 Å². The molecule has 0 bridgehead atoms. The Balaban J connectivity index is 1.59. The molecule has 4 saturated carbocycles. The number of Topliss-reactive ketones (excluding diaryl/α,β-unsaturated/α-hetero) is 1. The molecule has 0 aromatic carbocycles. The van der Waals surface area contributed by atoms with Crippen molar-refractivity contribution < 1.29 is 9.59 Å². The summed E-state index contributed by atoms with van der Waals surface area (Å²) in [5.41, 5.74) is 1.53. The van der Waals surface area contributed by atoms with Gasteiger partial charge in [0.15, 0.2) is 5.78 Å². The highest BCUT2D eigenvalue weighted by molar-refractivity contribution is 9.09. The first kappa shape index (κ1) is 14.9. The Kier molecular flexibility index (Phi) is 2.84. The monoisotopic (exact) mass is 376 g/mol. The minimum absolute atomic E-state index is 0.0566. The van der Waals surface area contributed by atoms with Crippen molar-refractivity contribution in [2.75, 3.05) is 0 Å². The quantitative estimate of drug-likeness (QED) is 0.590. The molecule has 3 heteroatoms. The largest absolute Gasteiger partial charge is 0.299 e. The Morgan fingerprint density at radius 3 is 2.65 bits per heavy atom. The highest BCUT2D eigenvalue weighted by Crippen LogP contribution is 2.71. The lowest BCUT2D eigenvalue weighted by Gasteiger charge is -2.58. The van der Waals surface area contributed by atoms with Gasteiger partial charge in [0.05, 0.1) is 0 Å². The first-order valence-corrected chi connectivity index (χ1v) is 10.2. The van der Waals surface area contributed by atoms with Gasteiger partial charge >= 0.3 is 0 Å². The second-order valence-electron chi connectivity index (χ2n) is 9.23. The van der Waals surface area contributed by atoms with Crippen LogP contribution in [-0.4, -0.2) is 16.4 Å². The maximum Gasteiger partial charge on any atom is 0.159 e. The molecule has 5 rings (SSSR count). The summed E-state index contributed by atoms with van der Waals surface area (Å²) in [6.45, 7) is 4.69. The zero-order chi connectivity index (χ0) is 16.1. The van der Waals surface area contributed by atoms with Crippen LogP contribution in [0.4, 0.5) is 0 Å². The molecule has 23 heavy (non-hydrogen) atoms. The molecule has 2 nitrogen and oxygen atoms in total. The summed E-state index contributed by atoms with van der Waals surface area (Å²) in [5, 5.41) is 0. The fourth-order valence-corrected chi connectivity index (χ4v) is 8.27. The minimum Gasteiger partial charge on any atom is -0.299 e. The molecule has 5 aliphatic rings. The summed E-state index contributed by atoms with van der Waals surface area (Å²) in [5.74, 6) is 3.67. The van der Waals surface area contributed by atoms with Gasteiger partial charge in [-0.05, 0) is 72.8 Å². The maximum absolute atomic E-state index is 12.5. The van der Waals surface area contributed by atoms with E-state index in [1.54, 1.807) is 0 Å². The Morgan fingerprint density at radius 2 is 1.87 bits per heavy atom. The summed E-state index contributed by atoms with van der Waals surface area (Å²) in [4.78, 5) is 25.1. The van der Waals surface area contributed by atoms with E-state index < -0.39 is 0 Å². The molecule has 0 aromatic heterocycles. The van der Waals surface area contributed by atoms with Crippen molar-refractivity contribution in [1.29, 1.82) is 0 Å². The smallest absolute Gasteiger partial charge is 0.159 e. The number of hydrogen-bond donors (Lipinski definition) is 0. The SMILES string of the molecule is C[C@]12CC[C@H]3[C@@H](C[C@@H](Br)C4=CC(=O)[C@H]5CC5[C@@]43C)[C@@H]1CCC2=O. The number of carbonyl (C=O) groups is 2. The zero-order valence-corrected chi connectivity index (χ0v) is 15.6. The Bertz CT molecular complexity index is 652. The molecule has 0 amide bonds. The van der Waals surface area contributed by atoms with Crippen LogP contribution in [0.25, 0.3) is 0 Å². The Labute approximate surface area is 146 Å². The first-order valence-electron chi connectivity index (χ1n) is 9.30. The van der Waals surface area contributed by atoms with Crippen LogP contribution < -0.4 is 0 Å². The van der Waals surface area contributed by atoms with Crippen LogP contribution in [0.2, 0.25) is 0 Å². The third-order valence-corrected chi connectivity index (χ3v) is 9.45. The minimum atomic E-state index is -0.0566. The molecule has 0 spiro atoms. The van der Waals surface area contributed by atoms with E-state index in [0.29, 0.717) is 46.0 Å². The summed E-state index contributed by atoms with van der Waals surface area (Å²) in [6, 6.07) is 0. The van der Waals surface area contributed by atoms with E-state index in [1.165, 1.54) is 12.0 Å². The molecule has 0 saturated heterocycles. The number of halogens is 1. The lowest BCUT2D eigenvalue weighted by atomic mass is 9.47. The first-order chi connectivity index (χ1) is 10.9. The van der Waals surface area contributed by atoms with Crippen molar-refractivity contribution in [2.45, 2.75) is 57.2 Å². The van der Waals surface area contributed by atoms with Crippen LogP contribution in [0.15, 0.2) is 11.6 Å². The van der Waals surface area contributed by atoms with E-state index in [2.05, 4.69) is 29.8 Å². The number of ketones is 2. The van der Waals surface area contributed by atoms with E-state index in [4.69, 9.17) is 0 Å². The van der Waals surface area contributed by atoms with Crippen LogP contribution in [0, 0.1) is 40.4 Å². The van der Waals surface area contributed by atoms with Crippen molar-refractivity contribution in [1.82, 2.24) is 0 Å². The molecular weight excluding hydrogens is 352 g/mol. The topological polar surface area (TPSA) is 34.1 Å². The van der Waals surface area contributed by atoms with Gasteiger partial charge in [0, 0.05) is 22.6 Å². The van der Waals surface area contributed by atoms with Crippen LogP contribution in [0.1, 0.15) is 52.4 Å². The average molecular weight is 377 g/mol. The van der Waals surface area contributed by atoms with Crippen molar-refractivity contribution in [3.8, 4) is 0 Å². The zero-order valence-electron chi connectivity index (χ0n) is 14.0. The van der Waals surface area contributed by atoms with Crippen molar-refractivity contribution in [3.05, 3.63) is 11.6 Å². The number of carbonyl (C=O) groups excluding carboxylic acids is 2. The van der Waals surface area contributed by atoms with Gasteiger partial charge < -0.3 is 0 Å². The van der Waals surface area contributed by atoms with Gasteiger partial charge in [-0.1, -0.05) is 29.8 Å². The van der Waals surface area contributed by atoms with Gasteiger partial charge in [0.25, 0.3) is 0 Å². The van der Waals surface area contributed by atoms with Crippen molar-refractivity contribution in [2.24, 2.45) is 40.4 Å². The van der Waals surface area contributed by atoms with Crippen LogP contribution in [0.3, 0.4) is 0 Å². The molecule has 0 N–H and O–H groups in total. The van der Waals surface area contributed by atoms with E-state index in [9.17, 15) is 9.59 Å². The predicted molar refractivity (Wildman–Crippen MR) is 92.2 cm³/mol. The number of alkyl halides is 1. The highest BCUT2D eigenvalue weighted by atomic mass is 79.9. The number of hydrogen-bond acceptors (Lipinski definition) is 2. The van der Waals surface area contributed by atoms with Gasteiger partial charge in [0.2, 0.25) is 0 Å². The molecule has 8 atom stereocenters. The van der Waals surface area contributed by atoms with E-state index in [1.807, 2.05) is 6.08 Å². The fourth-order valence-electron chi connectivity index (χ4n) is 7.22. The third kappa shape index (κ3) is 1.66. The lowest BCUT2D eigenvalue weighted by molar-refractivity contribution is -0.132. The van der Waals surface area contributed by atoms with Gasteiger partial charge in [0.1, 0.15) is 5.78 Å². The van der Waals surface area contributed by atoms with Gasteiger partial charge in [-0.15, -0.1) is 0 Å². The molecule has 124 valence electrons. The number of allylic oxidation sites excluding steroid dienone is 1. The average Bonchev–Trinajstić information content (AvgIpc) is 3.26. The molecule has 4 fully saturated rings. The molecule has 1 unspecified atom stereocenters. The fraction of sp³-hybridized carbons (Fsp3) is 0.800. The van der Waals surface area contributed by atoms with Crippen LogP contribution in [0.5, 0.6) is 0 Å². The van der Waals surface area contributed by atoms with E-state index >= 15 is 0 Å². The van der Waals surface area contributed by atoms with Crippen LogP contribution in [-0.2, 0) is 9.59 Å². The standard InChI is InChI=1S/C20H25BrO2/c1-19-6-5-13-10(12(19)3-4-18(19)23)8-16(21)15-9-17(22)11-7-14(11)20(13,15)2/h9-14,16H,3-8H2,1-2H3/t10-,11-,12-,13-,14?,16+,19-,20-/m0/s1. The normalized spacial score (nSPS) is 57.1. The summed E-state index contributed by atoms with van der Waals surface area (Å²) >= 11 is 3.93. The van der Waals surface area contributed by atoms with Crippen molar-refractivity contribution in [3.63, 3.8) is 0 Å². The number of rotatable bonds is 0. The predicted octanol–water partition coefficient (Wildman–Crippen LogP) is 4.32. The Morgan fingerprint density at radius 1 is 1.09 bits per heavy atom. The van der Waals surface area contributed by atoms with Crippen molar-refractivity contribution >= 4 is 27.5 Å². The summed E-state index contributed by atoms with van der Waals surface area (Å²) in [7, 11) is 0. The molecular formula is C20H25BrO2. The second-order valence-corrected chi connectivity index (χ2v) is 10.3. The molecule has 0 heterocycles.